The van der Waals surface area contributed by atoms with Crippen molar-refractivity contribution in [2.24, 2.45) is 0 Å². The Morgan fingerprint density at radius 3 is 2.76 bits per heavy atom. The Labute approximate surface area is 121 Å². The van der Waals surface area contributed by atoms with E-state index in [-0.39, 0.29) is 12.2 Å². The quantitative estimate of drug-likeness (QED) is 0.792. The first kappa shape index (κ1) is 14.5. The topological polar surface area (TPSA) is 59.3 Å². The highest BCUT2D eigenvalue weighted by Gasteiger charge is 2.07. The number of benzene rings is 2. The van der Waals surface area contributed by atoms with E-state index in [0.29, 0.717) is 28.9 Å². The minimum absolute atomic E-state index is 0.0441. The van der Waals surface area contributed by atoms with E-state index in [0.717, 1.165) is 0 Å². The van der Waals surface area contributed by atoms with Crippen molar-refractivity contribution in [3.05, 3.63) is 58.9 Å². The molecule has 2 rings (SSSR count). The van der Waals surface area contributed by atoms with Gasteiger partial charge in [-0.3, -0.25) is 4.79 Å². The fourth-order valence-corrected chi connectivity index (χ4v) is 1.77. The van der Waals surface area contributed by atoms with Crippen LogP contribution >= 0.6 is 0 Å². The molecule has 4 nitrogen and oxygen atoms in total. The lowest BCUT2D eigenvalue weighted by atomic mass is 10.1. The van der Waals surface area contributed by atoms with Crippen LogP contribution in [0.25, 0.3) is 0 Å². The molecule has 0 spiro atoms. The molecule has 0 aromatic heterocycles. The summed E-state index contributed by atoms with van der Waals surface area (Å²) in [5.41, 5.74) is 0.975. The predicted octanol–water partition coefficient (Wildman–Crippen LogP) is 3.10. The lowest BCUT2D eigenvalue weighted by molar-refractivity contribution is 0.111. The van der Waals surface area contributed by atoms with Crippen molar-refractivity contribution in [3.8, 4) is 17.6 Å². The van der Waals surface area contributed by atoms with Gasteiger partial charge in [0.25, 0.3) is 0 Å². The Kier molecular flexibility index (Phi) is 4.52. The molecule has 0 aliphatic carbocycles. The maximum atomic E-state index is 13.2. The van der Waals surface area contributed by atoms with Crippen LogP contribution in [0.1, 0.15) is 21.5 Å². The third-order valence-electron chi connectivity index (χ3n) is 2.89. The van der Waals surface area contributed by atoms with Crippen molar-refractivity contribution in [3.63, 3.8) is 0 Å². The van der Waals surface area contributed by atoms with Crippen LogP contribution in [-0.2, 0) is 6.61 Å². The number of carbonyl (C=O) groups excluding carboxylic acids is 1. The highest BCUT2D eigenvalue weighted by atomic mass is 19.1. The molecule has 21 heavy (non-hydrogen) atoms. The van der Waals surface area contributed by atoms with Crippen LogP contribution < -0.4 is 9.47 Å². The van der Waals surface area contributed by atoms with Gasteiger partial charge < -0.3 is 9.47 Å². The fraction of sp³-hybridized carbons (Fsp3) is 0.125. The van der Waals surface area contributed by atoms with Gasteiger partial charge in [-0.25, -0.2) is 4.39 Å². The number of aldehydes is 1. The number of carbonyl (C=O) groups is 1. The van der Waals surface area contributed by atoms with Gasteiger partial charge in [0, 0.05) is 6.07 Å². The van der Waals surface area contributed by atoms with E-state index in [1.54, 1.807) is 24.3 Å². The zero-order valence-electron chi connectivity index (χ0n) is 11.3. The highest BCUT2D eigenvalue weighted by Crippen LogP contribution is 2.24. The maximum Gasteiger partial charge on any atom is 0.153 e. The molecule has 0 fully saturated rings. The number of rotatable bonds is 5. The summed E-state index contributed by atoms with van der Waals surface area (Å²) in [6.07, 6.45) is 0.681. The van der Waals surface area contributed by atoms with Crippen LogP contribution in [0, 0.1) is 17.1 Å². The minimum Gasteiger partial charge on any atom is -0.497 e. The average Bonchev–Trinajstić information content (AvgIpc) is 2.53. The second-order valence-electron chi connectivity index (χ2n) is 4.24. The smallest absolute Gasteiger partial charge is 0.153 e. The van der Waals surface area contributed by atoms with Crippen LogP contribution in [0.15, 0.2) is 36.4 Å². The number of hydrogen-bond donors (Lipinski definition) is 0. The van der Waals surface area contributed by atoms with Gasteiger partial charge in [-0.05, 0) is 29.8 Å². The predicted molar refractivity (Wildman–Crippen MR) is 73.8 cm³/mol. The third kappa shape index (κ3) is 3.37. The standard InChI is InChI=1S/C16H12FNO3/c1-20-14-4-3-12(9-19)16(7-14)21-10-11-2-5-15(17)13(6-11)8-18/h2-7,9H,10H2,1H3. The molecule has 0 N–H and O–H groups in total. The van der Waals surface area contributed by atoms with E-state index in [2.05, 4.69) is 0 Å². The number of ether oxygens (including phenoxy) is 2. The van der Waals surface area contributed by atoms with E-state index in [1.165, 1.54) is 25.3 Å². The summed E-state index contributed by atoms with van der Waals surface area (Å²) in [4.78, 5) is 11.0. The molecule has 0 saturated carbocycles. The first-order chi connectivity index (χ1) is 10.2. The Morgan fingerprint density at radius 1 is 1.29 bits per heavy atom. The van der Waals surface area contributed by atoms with Crippen molar-refractivity contribution in [1.82, 2.24) is 0 Å². The van der Waals surface area contributed by atoms with Crippen molar-refractivity contribution < 1.29 is 18.7 Å². The summed E-state index contributed by atoms with van der Waals surface area (Å²) < 4.78 is 23.8. The molecule has 2 aromatic rings. The first-order valence-corrected chi connectivity index (χ1v) is 6.12. The Morgan fingerprint density at radius 2 is 2.10 bits per heavy atom. The summed E-state index contributed by atoms with van der Waals surface area (Å²) >= 11 is 0. The van der Waals surface area contributed by atoms with Crippen molar-refractivity contribution >= 4 is 6.29 Å². The average molecular weight is 285 g/mol. The number of nitriles is 1. The van der Waals surface area contributed by atoms with E-state index in [1.807, 2.05) is 0 Å². The molecule has 0 radical (unpaired) electrons. The van der Waals surface area contributed by atoms with Gasteiger partial charge in [0.15, 0.2) is 6.29 Å². The second kappa shape index (κ2) is 6.53. The Hall–Kier alpha value is -2.87. The number of nitrogens with zero attached hydrogens (tertiary/aromatic N) is 1. The summed E-state index contributed by atoms with van der Waals surface area (Å²) in [5.74, 6) is 0.357. The lowest BCUT2D eigenvalue weighted by Gasteiger charge is -2.10. The maximum absolute atomic E-state index is 13.2. The van der Waals surface area contributed by atoms with Gasteiger partial charge in [-0.2, -0.15) is 5.26 Å². The van der Waals surface area contributed by atoms with E-state index in [9.17, 15) is 9.18 Å². The molecular formula is C16H12FNO3. The van der Waals surface area contributed by atoms with Crippen LogP contribution in [0.2, 0.25) is 0 Å². The third-order valence-corrected chi connectivity index (χ3v) is 2.89. The van der Waals surface area contributed by atoms with Gasteiger partial charge in [0.2, 0.25) is 0 Å². The van der Waals surface area contributed by atoms with Gasteiger partial charge in [-0.15, -0.1) is 0 Å². The fourth-order valence-electron chi connectivity index (χ4n) is 1.77. The summed E-state index contributed by atoms with van der Waals surface area (Å²) in [6, 6.07) is 10.8. The van der Waals surface area contributed by atoms with Gasteiger partial charge in [0.1, 0.15) is 30.0 Å². The van der Waals surface area contributed by atoms with Gasteiger partial charge in [-0.1, -0.05) is 6.07 Å². The molecule has 0 atom stereocenters. The molecule has 106 valence electrons. The molecule has 0 unspecified atom stereocenters. The molecule has 0 heterocycles. The summed E-state index contributed by atoms with van der Waals surface area (Å²) in [7, 11) is 1.51. The largest absolute Gasteiger partial charge is 0.497 e. The van der Waals surface area contributed by atoms with Crippen LogP contribution in [0.3, 0.4) is 0 Å². The summed E-state index contributed by atoms with van der Waals surface area (Å²) in [6.45, 7) is 0.114. The van der Waals surface area contributed by atoms with Crippen molar-refractivity contribution in [2.45, 2.75) is 6.61 Å². The Balaban J connectivity index is 2.20. The van der Waals surface area contributed by atoms with Crippen molar-refractivity contribution in [2.75, 3.05) is 7.11 Å². The zero-order valence-corrected chi connectivity index (χ0v) is 11.3. The van der Waals surface area contributed by atoms with Crippen LogP contribution in [0.4, 0.5) is 4.39 Å². The van der Waals surface area contributed by atoms with Crippen molar-refractivity contribution in [1.29, 1.82) is 5.26 Å². The summed E-state index contributed by atoms with van der Waals surface area (Å²) in [5, 5.41) is 8.78. The zero-order chi connectivity index (χ0) is 15.2. The van der Waals surface area contributed by atoms with Gasteiger partial charge in [0.05, 0.1) is 18.2 Å². The molecule has 2 aromatic carbocycles. The van der Waals surface area contributed by atoms with Gasteiger partial charge >= 0.3 is 0 Å². The molecule has 0 aliphatic rings. The molecule has 0 amide bonds. The van der Waals surface area contributed by atoms with E-state index >= 15 is 0 Å². The number of methoxy groups -OCH3 is 1. The van der Waals surface area contributed by atoms with E-state index in [4.69, 9.17) is 14.7 Å². The monoisotopic (exact) mass is 285 g/mol. The molecule has 0 saturated heterocycles. The van der Waals surface area contributed by atoms with Crippen LogP contribution in [-0.4, -0.2) is 13.4 Å². The Bertz CT molecular complexity index is 707. The number of halogens is 1. The number of hydrogen-bond acceptors (Lipinski definition) is 4. The highest BCUT2D eigenvalue weighted by molar-refractivity contribution is 5.79. The SMILES string of the molecule is COc1ccc(C=O)c(OCc2ccc(F)c(C#N)c2)c1. The lowest BCUT2D eigenvalue weighted by Crippen LogP contribution is -2.00. The second-order valence-corrected chi connectivity index (χ2v) is 4.24. The van der Waals surface area contributed by atoms with Crippen LogP contribution in [0.5, 0.6) is 11.5 Å². The molecule has 0 aliphatic heterocycles. The normalized spacial score (nSPS) is 9.76. The minimum atomic E-state index is -0.573. The first-order valence-electron chi connectivity index (χ1n) is 6.12. The molecule has 5 heteroatoms. The molecule has 0 bridgehead atoms. The molecular weight excluding hydrogens is 273 g/mol. The van der Waals surface area contributed by atoms with E-state index < -0.39 is 5.82 Å².